The molecule has 0 aliphatic carbocycles. The summed E-state index contributed by atoms with van der Waals surface area (Å²) in [4.78, 5) is 10.4. The van der Waals surface area contributed by atoms with Crippen molar-refractivity contribution >= 4 is 6.29 Å². The molecule has 0 fully saturated rings. The molecule has 0 radical (unpaired) electrons. The van der Waals surface area contributed by atoms with Crippen molar-refractivity contribution in [3.05, 3.63) is 29.3 Å². The van der Waals surface area contributed by atoms with Crippen molar-refractivity contribution in [2.75, 3.05) is 0 Å². The Morgan fingerprint density at radius 2 is 2.31 bits per heavy atom. The molecule has 0 heterocycles. The smallest absolute Gasteiger partial charge is 0.133 e. The quantitative estimate of drug-likeness (QED) is 0.694. The van der Waals surface area contributed by atoms with E-state index in [1.807, 2.05) is 6.07 Å². The fourth-order valence-electron chi connectivity index (χ4n) is 1.01. The first kappa shape index (κ1) is 9.27. The summed E-state index contributed by atoms with van der Waals surface area (Å²) in [6.07, 6.45) is 0.792. The van der Waals surface area contributed by atoms with Crippen LogP contribution in [-0.4, -0.2) is 11.4 Å². The van der Waals surface area contributed by atoms with Crippen LogP contribution in [0.2, 0.25) is 0 Å². The van der Waals surface area contributed by atoms with E-state index in [2.05, 4.69) is 0 Å². The van der Waals surface area contributed by atoms with Crippen LogP contribution in [0.1, 0.15) is 24.0 Å². The Morgan fingerprint density at radius 1 is 1.62 bits per heavy atom. The van der Waals surface area contributed by atoms with Gasteiger partial charge in [-0.15, -0.1) is 0 Å². The lowest BCUT2D eigenvalue weighted by Gasteiger charge is -2.04. The zero-order valence-corrected chi connectivity index (χ0v) is 7.19. The second-order valence-electron chi connectivity index (χ2n) is 2.81. The molecule has 0 aromatic heterocycles. The lowest BCUT2D eigenvalue weighted by molar-refractivity contribution is -0.108. The van der Waals surface area contributed by atoms with E-state index in [1.54, 1.807) is 13.0 Å². The van der Waals surface area contributed by atoms with E-state index in [0.717, 1.165) is 6.29 Å². The number of rotatable bonds is 2. The monoisotopic (exact) mass is 175 g/mol. The van der Waals surface area contributed by atoms with Gasteiger partial charge in [-0.05, 0) is 17.7 Å². The fourth-order valence-corrected chi connectivity index (χ4v) is 1.01. The molecule has 66 valence electrons. The molecule has 0 spiro atoms. The van der Waals surface area contributed by atoms with E-state index < -0.39 is 0 Å². The number of nitrogens with zero attached hydrogens (tertiary/aromatic N) is 1. The molecule has 1 atom stereocenters. The molecule has 13 heavy (non-hydrogen) atoms. The van der Waals surface area contributed by atoms with Gasteiger partial charge in [-0.25, -0.2) is 0 Å². The minimum Gasteiger partial charge on any atom is -0.507 e. The lowest BCUT2D eigenvalue weighted by Crippen LogP contribution is -1.94. The SMILES string of the molecule is CC(C=O)c1ccc(C#N)c(O)c1. The number of benzene rings is 1. The molecule has 1 unspecified atom stereocenters. The van der Waals surface area contributed by atoms with Crippen LogP contribution in [0.5, 0.6) is 5.75 Å². The van der Waals surface area contributed by atoms with Gasteiger partial charge >= 0.3 is 0 Å². The maximum atomic E-state index is 10.4. The second-order valence-corrected chi connectivity index (χ2v) is 2.81. The molecule has 0 aliphatic rings. The number of aldehydes is 1. The topological polar surface area (TPSA) is 61.1 Å². The van der Waals surface area contributed by atoms with Crippen LogP contribution in [0, 0.1) is 11.3 Å². The van der Waals surface area contributed by atoms with Crippen LogP contribution in [0.15, 0.2) is 18.2 Å². The van der Waals surface area contributed by atoms with Gasteiger partial charge in [0, 0.05) is 5.92 Å². The lowest BCUT2D eigenvalue weighted by atomic mass is 10.0. The van der Waals surface area contributed by atoms with Crippen molar-refractivity contribution in [1.82, 2.24) is 0 Å². The van der Waals surface area contributed by atoms with Crippen LogP contribution in [-0.2, 0) is 4.79 Å². The molecule has 0 aliphatic heterocycles. The Kier molecular flexibility index (Phi) is 2.65. The van der Waals surface area contributed by atoms with Crippen molar-refractivity contribution in [1.29, 1.82) is 5.26 Å². The van der Waals surface area contributed by atoms with Gasteiger partial charge in [-0.1, -0.05) is 13.0 Å². The van der Waals surface area contributed by atoms with Crippen molar-refractivity contribution in [3.8, 4) is 11.8 Å². The molecule has 1 rings (SSSR count). The number of nitriles is 1. The summed E-state index contributed by atoms with van der Waals surface area (Å²) < 4.78 is 0. The molecule has 3 heteroatoms. The van der Waals surface area contributed by atoms with Crippen LogP contribution < -0.4 is 0 Å². The number of phenolic OH excluding ortho intramolecular Hbond substituents is 1. The average molecular weight is 175 g/mol. The standard InChI is InChI=1S/C10H9NO2/c1-7(6-12)8-2-3-9(5-11)10(13)4-8/h2-4,6-7,13H,1H3. The summed E-state index contributed by atoms with van der Waals surface area (Å²) in [5, 5.41) is 17.8. The maximum Gasteiger partial charge on any atom is 0.133 e. The van der Waals surface area contributed by atoms with Crippen LogP contribution in [0.25, 0.3) is 0 Å². The van der Waals surface area contributed by atoms with Gasteiger partial charge in [0.05, 0.1) is 5.56 Å². The molecule has 1 N–H and O–H groups in total. The Morgan fingerprint density at radius 3 is 2.77 bits per heavy atom. The van der Waals surface area contributed by atoms with E-state index in [-0.39, 0.29) is 17.2 Å². The Balaban J connectivity index is 3.11. The third-order valence-electron chi connectivity index (χ3n) is 1.87. The summed E-state index contributed by atoms with van der Waals surface area (Å²) in [7, 11) is 0. The van der Waals surface area contributed by atoms with Gasteiger partial charge in [-0.2, -0.15) is 5.26 Å². The highest BCUT2D eigenvalue weighted by molar-refractivity contribution is 5.62. The number of carbonyl (C=O) groups is 1. The van der Waals surface area contributed by atoms with Crippen molar-refractivity contribution < 1.29 is 9.90 Å². The summed E-state index contributed by atoms with van der Waals surface area (Å²) in [5.41, 5.74) is 0.938. The van der Waals surface area contributed by atoms with E-state index >= 15 is 0 Å². The average Bonchev–Trinajstić information content (AvgIpc) is 2.16. The molecule has 0 bridgehead atoms. The van der Waals surface area contributed by atoms with Crippen LogP contribution in [0.4, 0.5) is 0 Å². The normalized spacial score (nSPS) is 11.7. The van der Waals surface area contributed by atoms with Crippen LogP contribution >= 0.6 is 0 Å². The minimum absolute atomic E-state index is 0.0753. The molecular formula is C10H9NO2. The zero-order chi connectivity index (χ0) is 9.84. The van der Waals surface area contributed by atoms with E-state index in [9.17, 15) is 9.90 Å². The molecule has 0 saturated heterocycles. The van der Waals surface area contributed by atoms with E-state index in [0.29, 0.717) is 5.56 Å². The minimum atomic E-state index is -0.251. The summed E-state index contributed by atoms with van der Waals surface area (Å²) in [5.74, 6) is -0.327. The fraction of sp³-hybridized carbons (Fsp3) is 0.200. The van der Waals surface area contributed by atoms with E-state index in [1.165, 1.54) is 12.1 Å². The molecule has 1 aromatic carbocycles. The Labute approximate surface area is 76.2 Å². The predicted octanol–water partition coefficient (Wildman–Crippen LogP) is 1.57. The van der Waals surface area contributed by atoms with Gasteiger partial charge in [0.1, 0.15) is 18.1 Å². The maximum absolute atomic E-state index is 10.4. The number of hydrogen-bond acceptors (Lipinski definition) is 3. The van der Waals surface area contributed by atoms with E-state index in [4.69, 9.17) is 5.26 Å². The van der Waals surface area contributed by atoms with Crippen molar-refractivity contribution in [2.45, 2.75) is 12.8 Å². The third kappa shape index (κ3) is 1.85. The number of aromatic hydroxyl groups is 1. The van der Waals surface area contributed by atoms with Crippen LogP contribution in [0.3, 0.4) is 0 Å². The highest BCUT2D eigenvalue weighted by Crippen LogP contribution is 2.22. The predicted molar refractivity (Wildman–Crippen MR) is 47.3 cm³/mol. The van der Waals surface area contributed by atoms with Gasteiger partial charge in [0.25, 0.3) is 0 Å². The Bertz CT molecular complexity index is 366. The van der Waals surface area contributed by atoms with Gasteiger partial charge < -0.3 is 9.90 Å². The molecule has 0 saturated carbocycles. The first-order valence-corrected chi connectivity index (χ1v) is 3.87. The Hall–Kier alpha value is -1.82. The van der Waals surface area contributed by atoms with Gasteiger partial charge in [0.15, 0.2) is 0 Å². The summed E-state index contributed by atoms with van der Waals surface area (Å²) in [6, 6.07) is 6.45. The first-order chi connectivity index (χ1) is 6.19. The molecule has 3 nitrogen and oxygen atoms in total. The first-order valence-electron chi connectivity index (χ1n) is 3.87. The third-order valence-corrected chi connectivity index (χ3v) is 1.87. The molecular weight excluding hydrogens is 166 g/mol. The van der Waals surface area contributed by atoms with Gasteiger partial charge in [-0.3, -0.25) is 0 Å². The summed E-state index contributed by atoms with van der Waals surface area (Å²) >= 11 is 0. The highest BCUT2D eigenvalue weighted by atomic mass is 16.3. The van der Waals surface area contributed by atoms with Gasteiger partial charge in [0.2, 0.25) is 0 Å². The number of carbonyl (C=O) groups excluding carboxylic acids is 1. The largest absolute Gasteiger partial charge is 0.507 e. The second kappa shape index (κ2) is 3.72. The molecule has 1 aromatic rings. The highest BCUT2D eigenvalue weighted by Gasteiger charge is 2.06. The zero-order valence-electron chi connectivity index (χ0n) is 7.19. The number of hydrogen-bond donors (Lipinski definition) is 1. The molecule has 0 amide bonds. The van der Waals surface area contributed by atoms with Crippen molar-refractivity contribution in [3.63, 3.8) is 0 Å². The summed E-state index contributed by atoms with van der Waals surface area (Å²) in [6.45, 7) is 1.73. The number of phenols is 1. The van der Waals surface area contributed by atoms with Crippen molar-refractivity contribution in [2.24, 2.45) is 0 Å².